The Balaban J connectivity index is 1.63. The zero-order valence-corrected chi connectivity index (χ0v) is 15.2. The lowest BCUT2D eigenvalue weighted by Gasteiger charge is -2.09. The van der Waals surface area contributed by atoms with Crippen LogP contribution >= 0.6 is 0 Å². The fourth-order valence-corrected chi connectivity index (χ4v) is 3.20. The van der Waals surface area contributed by atoms with E-state index < -0.39 is 5.91 Å². The molecule has 0 saturated carbocycles. The number of phenolic OH excluding ortho intramolecular Hbond substituents is 1. The maximum Gasteiger partial charge on any atom is 0.275 e. The third kappa shape index (κ3) is 3.25. The van der Waals surface area contributed by atoms with Crippen LogP contribution in [0.4, 0.5) is 0 Å². The molecule has 0 aromatic heterocycles. The summed E-state index contributed by atoms with van der Waals surface area (Å²) in [5.41, 5.74) is 3.45. The molecule has 0 radical (unpaired) electrons. The van der Waals surface area contributed by atoms with Gasteiger partial charge in [-0.25, -0.2) is 5.43 Å². The van der Waals surface area contributed by atoms with E-state index in [1.807, 2.05) is 60.7 Å². The number of aromatic hydroxyl groups is 1. The van der Waals surface area contributed by atoms with E-state index >= 15 is 0 Å². The quantitative estimate of drug-likeness (QED) is 0.411. The molecule has 4 aromatic rings. The predicted octanol–water partition coefficient (Wildman–Crippen LogP) is 4.47. The molecule has 0 aliphatic heterocycles. The smallest absolute Gasteiger partial charge is 0.275 e. The van der Waals surface area contributed by atoms with Crippen LogP contribution in [0.25, 0.3) is 21.5 Å². The molecule has 2 N–H and O–H groups in total. The van der Waals surface area contributed by atoms with E-state index in [2.05, 4.69) is 10.5 Å². The van der Waals surface area contributed by atoms with Crippen LogP contribution < -0.4 is 10.2 Å². The number of hydrogen-bond acceptors (Lipinski definition) is 4. The van der Waals surface area contributed by atoms with Crippen molar-refractivity contribution in [3.63, 3.8) is 0 Å². The number of hydrogen-bond donors (Lipinski definition) is 2. The Hall–Kier alpha value is -3.86. The second kappa shape index (κ2) is 7.40. The standard InChI is InChI=1S/C23H18N2O3/c1-28-22-13-17-8-3-2-7-16(17)12-19(22)23(27)25-24-14-20-18-9-5-4-6-15(18)10-11-21(20)26/h2-14,26H,1H3,(H,25,27)/b24-14-. The monoisotopic (exact) mass is 370 g/mol. The minimum Gasteiger partial charge on any atom is -0.507 e. The number of phenols is 1. The van der Waals surface area contributed by atoms with Gasteiger partial charge in [-0.2, -0.15) is 5.10 Å². The Bertz CT molecular complexity index is 1220. The summed E-state index contributed by atoms with van der Waals surface area (Å²) in [4.78, 5) is 12.6. The highest BCUT2D eigenvalue weighted by Gasteiger charge is 2.13. The van der Waals surface area contributed by atoms with Crippen LogP contribution in [0.1, 0.15) is 15.9 Å². The average molecular weight is 370 g/mol. The van der Waals surface area contributed by atoms with Crippen LogP contribution in [-0.2, 0) is 0 Å². The van der Waals surface area contributed by atoms with Crippen LogP contribution in [0.15, 0.2) is 77.9 Å². The molecule has 0 spiro atoms. The van der Waals surface area contributed by atoms with E-state index in [1.165, 1.54) is 13.3 Å². The Labute approximate surface area is 161 Å². The van der Waals surface area contributed by atoms with Gasteiger partial charge < -0.3 is 9.84 Å². The summed E-state index contributed by atoms with van der Waals surface area (Å²) in [6.07, 6.45) is 1.45. The molecule has 4 rings (SSSR count). The van der Waals surface area contributed by atoms with Crippen molar-refractivity contribution < 1.29 is 14.6 Å². The SMILES string of the molecule is COc1cc2ccccc2cc1C(=O)N/N=C\c1c(O)ccc2ccccc12. The predicted molar refractivity (Wildman–Crippen MR) is 111 cm³/mol. The van der Waals surface area contributed by atoms with Crippen LogP contribution in [0, 0.1) is 0 Å². The summed E-state index contributed by atoms with van der Waals surface area (Å²) in [5, 5.41) is 18.0. The van der Waals surface area contributed by atoms with E-state index in [1.54, 1.807) is 12.1 Å². The average Bonchev–Trinajstić information content (AvgIpc) is 2.74. The number of hydrazone groups is 1. The van der Waals surface area contributed by atoms with Crippen molar-refractivity contribution in [3.05, 3.63) is 83.9 Å². The topological polar surface area (TPSA) is 70.9 Å². The molecule has 0 bridgehead atoms. The lowest BCUT2D eigenvalue weighted by atomic mass is 10.0. The number of rotatable bonds is 4. The molecule has 0 aliphatic carbocycles. The summed E-state index contributed by atoms with van der Waals surface area (Å²) >= 11 is 0. The number of methoxy groups -OCH3 is 1. The van der Waals surface area contributed by atoms with Crippen LogP contribution in [0.2, 0.25) is 0 Å². The van der Waals surface area contributed by atoms with Crippen LogP contribution in [0.3, 0.4) is 0 Å². The lowest BCUT2D eigenvalue weighted by Crippen LogP contribution is -2.18. The number of carbonyl (C=O) groups is 1. The minimum absolute atomic E-state index is 0.0972. The van der Waals surface area contributed by atoms with Crippen LogP contribution in [0.5, 0.6) is 11.5 Å². The van der Waals surface area contributed by atoms with Gasteiger partial charge >= 0.3 is 0 Å². The first-order chi connectivity index (χ1) is 13.7. The number of nitrogens with one attached hydrogen (secondary N) is 1. The second-order valence-corrected chi connectivity index (χ2v) is 6.32. The molecule has 0 atom stereocenters. The van der Waals surface area contributed by atoms with Gasteiger partial charge in [0, 0.05) is 5.56 Å². The van der Waals surface area contributed by atoms with Gasteiger partial charge in [0.05, 0.1) is 18.9 Å². The maximum absolute atomic E-state index is 12.6. The van der Waals surface area contributed by atoms with Crippen molar-refractivity contribution >= 4 is 33.7 Å². The third-order valence-electron chi connectivity index (χ3n) is 4.62. The Morgan fingerprint density at radius 1 is 0.964 bits per heavy atom. The van der Waals surface area contributed by atoms with Crippen molar-refractivity contribution in [2.45, 2.75) is 0 Å². The zero-order chi connectivity index (χ0) is 19.5. The first kappa shape index (κ1) is 17.5. The number of nitrogens with zero attached hydrogens (tertiary/aromatic N) is 1. The van der Waals surface area contributed by atoms with Gasteiger partial charge in [0.25, 0.3) is 5.91 Å². The molecule has 4 aromatic carbocycles. The number of fused-ring (bicyclic) bond motifs is 2. The van der Waals surface area contributed by atoms with Crippen molar-refractivity contribution in [1.29, 1.82) is 0 Å². The summed E-state index contributed by atoms with van der Waals surface area (Å²) in [6, 6.07) is 22.4. The van der Waals surface area contributed by atoms with Crippen molar-refractivity contribution in [1.82, 2.24) is 5.43 Å². The zero-order valence-electron chi connectivity index (χ0n) is 15.2. The molecular weight excluding hydrogens is 352 g/mol. The van der Waals surface area contributed by atoms with E-state index in [-0.39, 0.29) is 5.75 Å². The number of benzene rings is 4. The van der Waals surface area contributed by atoms with Crippen molar-refractivity contribution in [3.8, 4) is 11.5 Å². The third-order valence-corrected chi connectivity index (χ3v) is 4.62. The normalized spacial score (nSPS) is 11.2. The van der Waals surface area contributed by atoms with Crippen LogP contribution in [-0.4, -0.2) is 24.3 Å². The number of amides is 1. The van der Waals surface area contributed by atoms with Gasteiger partial charge in [0.2, 0.25) is 0 Å². The minimum atomic E-state index is -0.390. The molecular formula is C23H18N2O3. The number of ether oxygens (including phenoxy) is 1. The summed E-state index contributed by atoms with van der Waals surface area (Å²) in [7, 11) is 1.53. The molecule has 0 heterocycles. The van der Waals surface area contributed by atoms with Gasteiger partial charge in [0.15, 0.2) is 0 Å². The number of carbonyl (C=O) groups excluding carboxylic acids is 1. The fourth-order valence-electron chi connectivity index (χ4n) is 3.20. The molecule has 0 unspecified atom stereocenters. The largest absolute Gasteiger partial charge is 0.507 e. The fraction of sp³-hybridized carbons (Fsp3) is 0.0435. The molecule has 138 valence electrons. The Morgan fingerprint density at radius 3 is 2.39 bits per heavy atom. The second-order valence-electron chi connectivity index (χ2n) is 6.32. The molecule has 1 amide bonds. The van der Waals surface area contributed by atoms with E-state index in [0.29, 0.717) is 16.9 Å². The van der Waals surface area contributed by atoms with Gasteiger partial charge in [-0.15, -0.1) is 0 Å². The lowest BCUT2D eigenvalue weighted by molar-refractivity contribution is 0.0952. The molecule has 0 fully saturated rings. The first-order valence-electron chi connectivity index (χ1n) is 8.78. The van der Waals surface area contributed by atoms with E-state index in [4.69, 9.17) is 4.74 Å². The Kier molecular flexibility index (Phi) is 4.64. The molecule has 5 nitrogen and oxygen atoms in total. The molecule has 0 saturated heterocycles. The molecule has 5 heteroatoms. The summed E-state index contributed by atoms with van der Waals surface area (Å²) < 4.78 is 5.36. The van der Waals surface area contributed by atoms with Gasteiger partial charge in [0.1, 0.15) is 11.5 Å². The van der Waals surface area contributed by atoms with Gasteiger partial charge in [-0.1, -0.05) is 54.6 Å². The highest BCUT2D eigenvalue weighted by atomic mass is 16.5. The molecule has 28 heavy (non-hydrogen) atoms. The highest BCUT2D eigenvalue weighted by molar-refractivity contribution is 6.04. The van der Waals surface area contributed by atoms with E-state index in [0.717, 1.165) is 21.5 Å². The maximum atomic E-state index is 12.6. The molecule has 0 aliphatic rings. The van der Waals surface area contributed by atoms with Crippen molar-refractivity contribution in [2.24, 2.45) is 5.10 Å². The van der Waals surface area contributed by atoms with Gasteiger partial charge in [-0.3, -0.25) is 4.79 Å². The Morgan fingerprint density at radius 2 is 1.64 bits per heavy atom. The highest BCUT2D eigenvalue weighted by Crippen LogP contribution is 2.27. The van der Waals surface area contributed by atoms with Gasteiger partial charge in [-0.05, 0) is 39.7 Å². The summed E-state index contributed by atoms with van der Waals surface area (Å²) in [5.74, 6) is 0.179. The van der Waals surface area contributed by atoms with Crippen molar-refractivity contribution in [2.75, 3.05) is 7.11 Å². The van der Waals surface area contributed by atoms with E-state index in [9.17, 15) is 9.90 Å². The summed E-state index contributed by atoms with van der Waals surface area (Å²) in [6.45, 7) is 0. The first-order valence-corrected chi connectivity index (χ1v) is 8.78.